The maximum Gasteiger partial charge on any atom is 0.221 e. The number of morpholine rings is 1. The molecular formula is C75H83N15O5S8. The molecule has 0 saturated carbocycles. The van der Waals surface area contributed by atoms with E-state index in [0.717, 1.165) is 210 Å². The van der Waals surface area contributed by atoms with Crippen LogP contribution in [0, 0.1) is 5.92 Å². The summed E-state index contributed by atoms with van der Waals surface area (Å²) >= 11 is 13.5. The number of hydrogen-bond acceptors (Lipinski definition) is 25. The van der Waals surface area contributed by atoms with Crippen LogP contribution in [-0.2, 0) is 82.1 Å². The highest BCUT2D eigenvalue weighted by Crippen LogP contribution is 2.49. The largest absolute Gasteiger partial charge is 0.379 e. The van der Waals surface area contributed by atoms with Gasteiger partial charge in [0.2, 0.25) is 17.7 Å². The zero-order valence-electron chi connectivity index (χ0n) is 58.6. The molecule has 1 aliphatic carbocycles. The van der Waals surface area contributed by atoms with Gasteiger partial charge < -0.3 is 31.3 Å². The van der Waals surface area contributed by atoms with Crippen molar-refractivity contribution in [3.8, 4) is 42.3 Å². The van der Waals surface area contributed by atoms with Crippen molar-refractivity contribution in [2.75, 3.05) is 68.4 Å². The second-order valence-electron chi connectivity index (χ2n) is 26.6. The number of pyridine rings is 4. The SMILES string of the molecule is CC(=O)Nc1sc2c(c1-c1nc3cccnc3s1)CCNC2.CC(=O)Nc1sc2c(c1-c1nc3cnccc3s1)CCCC2.CC(=O)Nc1sc2c(c1-c1nc3cnccc3s1)CCN(C(C)CN1CCOCC1)C2.CCC(C)CCCC(=O)Cc1sc2c(c1-c1nc3cnccc3s1)CCNC2. The zero-order chi connectivity index (χ0) is 71.1. The molecule has 17 rings (SSSR count). The lowest BCUT2D eigenvalue weighted by Gasteiger charge is -2.36. The molecule has 0 aromatic carbocycles. The van der Waals surface area contributed by atoms with Crippen LogP contribution in [0.1, 0.15) is 127 Å². The fourth-order valence-electron chi connectivity index (χ4n) is 13.8. The maximum atomic E-state index is 12.7. The number of ether oxygens (including phenoxy) is 1. The number of carbonyl (C=O) groups excluding carboxylic acids is 4. The number of amides is 3. The normalized spacial score (nSPS) is 15.7. The zero-order valence-corrected chi connectivity index (χ0v) is 65.2. The van der Waals surface area contributed by atoms with Gasteiger partial charge in [0.25, 0.3) is 0 Å². The van der Waals surface area contributed by atoms with Crippen molar-refractivity contribution in [3.63, 3.8) is 0 Å². The van der Waals surface area contributed by atoms with Gasteiger partial charge in [-0.3, -0.25) is 43.9 Å². The summed E-state index contributed by atoms with van der Waals surface area (Å²) in [5.41, 5.74) is 13.7. The first-order chi connectivity index (χ1) is 50.2. The Morgan fingerprint density at radius 3 is 1.62 bits per heavy atom. The molecule has 0 bridgehead atoms. The van der Waals surface area contributed by atoms with Crippen LogP contribution in [0.2, 0.25) is 0 Å². The third-order valence-electron chi connectivity index (χ3n) is 19.1. The van der Waals surface area contributed by atoms with E-state index in [1.807, 2.05) is 42.7 Å². The fourth-order valence-corrected chi connectivity index (χ4v) is 23.4. The Morgan fingerprint density at radius 2 is 1.06 bits per heavy atom. The van der Waals surface area contributed by atoms with Crippen LogP contribution < -0.4 is 26.6 Å². The predicted molar refractivity (Wildman–Crippen MR) is 426 cm³/mol. The molecule has 3 amide bonds. The lowest BCUT2D eigenvalue weighted by molar-refractivity contribution is -0.118. The van der Waals surface area contributed by atoms with Crippen LogP contribution in [0.15, 0.2) is 73.7 Å². The minimum absolute atomic E-state index is 0.0253. The molecule has 103 heavy (non-hydrogen) atoms. The summed E-state index contributed by atoms with van der Waals surface area (Å²) < 4.78 is 8.90. The van der Waals surface area contributed by atoms with E-state index in [1.54, 1.807) is 142 Å². The summed E-state index contributed by atoms with van der Waals surface area (Å²) in [7, 11) is 0. The lowest BCUT2D eigenvalue weighted by Crippen LogP contribution is -2.47. The quantitative estimate of drug-likeness (QED) is 0.0568. The van der Waals surface area contributed by atoms with Crippen LogP contribution >= 0.6 is 90.7 Å². The van der Waals surface area contributed by atoms with Gasteiger partial charge in [-0.15, -0.1) is 79.4 Å². The van der Waals surface area contributed by atoms with E-state index in [1.165, 1.54) is 71.5 Å². The third kappa shape index (κ3) is 17.1. The molecule has 5 N–H and O–H groups in total. The minimum atomic E-state index is -0.0490. The van der Waals surface area contributed by atoms with Gasteiger partial charge in [-0.2, -0.15) is 0 Å². The third-order valence-corrected chi connectivity index (χ3v) is 28.0. The van der Waals surface area contributed by atoms with Crippen LogP contribution in [0.4, 0.5) is 15.0 Å². The number of hydrogen-bond donors (Lipinski definition) is 5. The van der Waals surface area contributed by atoms with Crippen molar-refractivity contribution in [1.82, 2.24) is 60.3 Å². The van der Waals surface area contributed by atoms with Crippen LogP contribution in [0.3, 0.4) is 0 Å². The van der Waals surface area contributed by atoms with Crippen LogP contribution in [0.5, 0.6) is 0 Å². The second kappa shape index (κ2) is 33.5. The van der Waals surface area contributed by atoms with Crippen molar-refractivity contribution in [2.24, 2.45) is 5.92 Å². The highest BCUT2D eigenvalue weighted by atomic mass is 32.1. The lowest BCUT2D eigenvalue weighted by atomic mass is 9.96. The molecular weight excluding hydrogens is 1450 g/mol. The number of anilines is 3. The fraction of sp³-hybridized carbons (Fsp3) is 0.413. The van der Waals surface area contributed by atoms with E-state index < -0.39 is 0 Å². The summed E-state index contributed by atoms with van der Waals surface area (Å²) in [6.07, 6.45) is 24.8. The summed E-state index contributed by atoms with van der Waals surface area (Å²) in [5, 5.41) is 22.6. The van der Waals surface area contributed by atoms with Gasteiger partial charge in [0, 0.05) is 157 Å². The molecule has 4 aliphatic heterocycles. The summed E-state index contributed by atoms with van der Waals surface area (Å²) in [6.45, 7) is 21.9. The van der Waals surface area contributed by atoms with Crippen molar-refractivity contribution in [1.29, 1.82) is 0 Å². The predicted octanol–water partition coefficient (Wildman–Crippen LogP) is 16.1. The Bertz CT molecular complexity index is 4760. The number of ketones is 1. The Kier molecular flexibility index (Phi) is 23.7. The average molecular weight is 1530 g/mol. The molecule has 1 saturated heterocycles. The number of fused-ring (bicyclic) bond motifs is 8. The van der Waals surface area contributed by atoms with E-state index >= 15 is 0 Å². The van der Waals surface area contributed by atoms with Gasteiger partial charge in [0.15, 0.2) is 0 Å². The molecule has 2 atom stereocenters. The topological polar surface area (TPSA) is 247 Å². The van der Waals surface area contributed by atoms with Gasteiger partial charge in [-0.05, 0) is 130 Å². The number of aryl methyl sites for hydroxylation is 1. The van der Waals surface area contributed by atoms with Crippen LogP contribution in [0.25, 0.3) is 83.3 Å². The molecule has 1 fully saturated rings. The molecule has 0 spiro atoms. The number of nitrogens with one attached hydrogen (secondary N) is 5. The van der Waals surface area contributed by atoms with E-state index in [4.69, 9.17) is 24.7 Å². The number of aromatic nitrogens is 8. The van der Waals surface area contributed by atoms with E-state index in [9.17, 15) is 19.2 Å². The molecule has 5 aliphatic rings. The molecule has 28 heteroatoms. The number of rotatable bonds is 17. The molecule has 2 unspecified atom stereocenters. The number of thiophene rings is 4. The maximum absolute atomic E-state index is 12.7. The Morgan fingerprint density at radius 1 is 0.553 bits per heavy atom. The minimum Gasteiger partial charge on any atom is -0.379 e. The highest BCUT2D eigenvalue weighted by Gasteiger charge is 2.32. The Labute approximate surface area is 630 Å². The molecule has 20 nitrogen and oxygen atoms in total. The Balaban J connectivity index is 0.000000117. The van der Waals surface area contributed by atoms with E-state index in [-0.39, 0.29) is 17.7 Å². The number of Topliss-reactive ketones (excluding diaryl/α,β-unsaturated/α-hetero) is 1. The van der Waals surface area contributed by atoms with Gasteiger partial charge in [-0.25, -0.2) is 24.9 Å². The monoisotopic (exact) mass is 1530 g/mol. The van der Waals surface area contributed by atoms with Crippen molar-refractivity contribution < 1.29 is 23.9 Å². The van der Waals surface area contributed by atoms with Gasteiger partial charge in [-0.1, -0.05) is 38.0 Å². The van der Waals surface area contributed by atoms with E-state index in [0.29, 0.717) is 30.6 Å². The highest BCUT2D eigenvalue weighted by molar-refractivity contribution is 7.24. The van der Waals surface area contributed by atoms with Crippen LogP contribution in [-0.4, -0.2) is 132 Å². The van der Waals surface area contributed by atoms with E-state index in [2.05, 4.69) is 77.1 Å². The molecule has 536 valence electrons. The first kappa shape index (κ1) is 72.8. The summed E-state index contributed by atoms with van der Waals surface area (Å²) in [4.78, 5) is 96.4. The second-order valence-corrected chi connectivity index (χ2v) is 35.1. The smallest absolute Gasteiger partial charge is 0.221 e. The van der Waals surface area contributed by atoms with Gasteiger partial charge in [0.05, 0.1) is 45.9 Å². The molecule has 12 aromatic rings. The molecule has 16 heterocycles. The summed E-state index contributed by atoms with van der Waals surface area (Å²) in [6, 6.07) is 10.4. The van der Waals surface area contributed by atoms with Gasteiger partial charge in [0.1, 0.15) is 67.7 Å². The number of carbonyl (C=O) groups is 4. The molecule has 0 radical (unpaired) electrons. The Hall–Kier alpha value is -7.16. The van der Waals surface area contributed by atoms with Crippen molar-refractivity contribution in [2.45, 2.75) is 144 Å². The van der Waals surface area contributed by atoms with Gasteiger partial charge >= 0.3 is 0 Å². The van der Waals surface area contributed by atoms with Crippen molar-refractivity contribution >= 4 is 170 Å². The summed E-state index contributed by atoms with van der Waals surface area (Å²) in [5.74, 6) is 0.952. The van der Waals surface area contributed by atoms with Crippen molar-refractivity contribution in [3.05, 3.63) is 120 Å². The first-order valence-corrected chi connectivity index (χ1v) is 41.9. The number of thiazole rings is 4. The average Bonchev–Trinajstić information content (AvgIpc) is 1.63. The standard InChI is InChI=1S/C22H27N5O2S2.C22H27N3OS2.C16H15N3OS2.C15H14N4OS2/c1-14(12-26-7-9-29-10-8-26)27-6-4-16-19(13-27)31-21(24-15(2)28)20(16)22-25-17-11-23-5-3-18(17)30-22;1-3-14(2)5-4-6-15(26)11-19-21(16-7-9-24-13-20(16)27-19)22-25-17-12-23-10-8-18(17)28-22;1-9(20)18-15-14(10-4-2-3-5-12(10)21-15)16-19-11-8-17-7-6-13(11)22-16;1-8(20)18-14-12(9-4-6-16-7-11(9)21-14)15-19-10-3-2-5-17-13(10)22-15/h3,5,11,14H,4,6-10,12-13H2,1-2H3,(H,24,28);8,10,12,14,24H,3-7,9,11,13H2,1-2H3;6-8H,2-5H2,1H3,(H,18,20);2-3,5,16H,4,6-7H2,1H3,(H,18,20). The first-order valence-electron chi connectivity index (χ1n) is 35.4. The number of nitrogens with zero attached hydrogens (tertiary/aromatic N) is 10. The molecule has 12 aromatic heterocycles.